The topological polar surface area (TPSA) is 3.24 Å². The van der Waals surface area contributed by atoms with Crippen LogP contribution >= 0.6 is 0 Å². The van der Waals surface area contributed by atoms with E-state index < -0.39 is 0 Å². The second-order valence-corrected chi connectivity index (χ2v) is 6.21. The minimum atomic E-state index is 0.432. The average molecular weight is 205 g/mol. The highest BCUT2D eigenvalue weighted by molar-refractivity contribution is 6.44. The second-order valence-electron chi connectivity index (χ2n) is 6.21. The Morgan fingerprint density at radius 1 is 1.40 bits per heavy atom. The Balaban J connectivity index is 2.79. The van der Waals surface area contributed by atoms with Gasteiger partial charge in [0.25, 0.3) is 0 Å². The Labute approximate surface area is 98.6 Å². The first-order valence-electron chi connectivity index (χ1n) is 6.64. The van der Waals surface area contributed by atoms with Crippen LogP contribution < -0.4 is 0 Å². The normalized spacial score (nSPS) is 30.2. The number of rotatable bonds is 4. The molecule has 2 atom stereocenters. The van der Waals surface area contributed by atoms with E-state index in [1.807, 2.05) is 0 Å². The van der Waals surface area contributed by atoms with Gasteiger partial charge in [0.05, 0.1) is 0 Å². The zero-order chi connectivity index (χ0) is 11.7. The monoisotopic (exact) mass is 205 g/mol. The van der Waals surface area contributed by atoms with Crippen molar-refractivity contribution in [2.75, 3.05) is 6.54 Å². The molecule has 1 aliphatic rings. The van der Waals surface area contributed by atoms with Crippen molar-refractivity contribution in [1.82, 2.24) is 4.90 Å². The van der Waals surface area contributed by atoms with Crippen LogP contribution in [-0.2, 0) is 0 Å². The van der Waals surface area contributed by atoms with Crippen LogP contribution in [0.4, 0.5) is 0 Å². The van der Waals surface area contributed by atoms with Crippen molar-refractivity contribution in [2.24, 2.45) is 0 Å². The molecule has 0 bridgehead atoms. The van der Waals surface area contributed by atoms with Gasteiger partial charge in [-0.2, -0.15) is 0 Å². The lowest BCUT2D eigenvalue weighted by molar-refractivity contribution is 0.103. The Hall–Kier alpha value is 0.155. The summed E-state index contributed by atoms with van der Waals surface area (Å²) < 4.78 is 0. The third-order valence-corrected chi connectivity index (χ3v) is 4.84. The van der Waals surface area contributed by atoms with Gasteiger partial charge in [-0.05, 0) is 38.7 Å². The van der Waals surface area contributed by atoms with Crippen molar-refractivity contribution in [3.05, 3.63) is 0 Å². The van der Waals surface area contributed by atoms with E-state index in [0.717, 1.165) is 5.94 Å². The molecule has 0 aromatic carbocycles. The van der Waals surface area contributed by atoms with E-state index in [1.54, 1.807) is 0 Å². The van der Waals surface area contributed by atoms with Crippen molar-refractivity contribution in [2.45, 2.75) is 63.1 Å². The van der Waals surface area contributed by atoms with Gasteiger partial charge in [0.15, 0.2) is 0 Å². The number of nitrogens with zero attached hydrogens (tertiary/aromatic N) is 1. The molecule has 1 aliphatic heterocycles. The molecule has 1 saturated heterocycles. The summed E-state index contributed by atoms with van der Waals surface area (Å²) >= 11 is 0. The van der Waals surface area contributed by atoms with E-state index in [2.05, 4.69) is 49.2 Å². The molecule has 1 heterocycles. The maximum absolute atomic E-state index is 2.76. The predicted octanol–water partition coefficient (Wildman–Crippen LogP) is 0.00250. The highest BCUT2D eigenvalue weighted by Gasteiger charge is 2.43. The van der Waals surface area contributed by atoms with E-state index in [-0.39, 0.29) is 0 Å². The molecule has 15 heavy (non-hydrogen) atoms. The molecule has 4 heteroatoms. The maximum atomic E-state index is 2.76. The summed E-state index contributed by atoms with van der Waals surface area (Å²) in [6, 6.07) is 0. The standard InChI is InChI=1S/C11H26B3N/c1-4-6-10(3,5-2)15-8-7-11(13,14)9(15)12/h9H,4-8,12-14H2,1-3H3. The first-order valence-corrected chi connectivity index (χ1v) is 6.64. The highest BCUT2D eigenvalue weighted by atomic mass is 15.2. The number of likely N-dealkylation sites (tertiary alicyclic amines) is 1. The van der Waals surface area contributed by atoms with Crippen molar-refractivity contribution >= 4 is 23.5 Å². The zero-order valence-electron chi connectivity index (χ0n) is 11.6. The molecule has 0 aromatic rings. The third kappa shape index (κ3) is 2.46. The van der Waals surface area contributed by atoms with Crippen molar-refractivity contribution in [3.63, 3.8) is 0 Å². The van der Waals surface area contributed by atoms with Crippen LogP contribution in [0.5, 0.6) is 0 Å². The Morgan fingerprint density at radius 3 is 2.33 bits per heavy atom. The van der Waals surface area contributed by atoms with Crippen LogP contribution in [0, 0.1) is 0 Å². The lowest BCUT2D eigenvalue weighted by Gasteiger charge is -2.44. The summed E-state index contributed by atoms with van der Waals surface area (Å²) in [6.07, 6.45) is 5.27. The molecule has 0 spiro atoms. The van der Waals surface area contributed by atoms with Crippen LogP contribution in [0.2, 0.25) is 5.21 Å². The van der Waals surface area contributed by atoms with E-state index in [9.17, 15) is 0 Å². The van der Waals surface area contributed by atoms with Crippen LogP contribution in [-0.4, -0.2) is 46.5 Å². The molecule has 0 radical (unpaired) electrons. The van der Waals surface area contributed by atoms with E-state index in [0.29, 0.717) is 10.8 Å². The molecule has 1 nitrogen and oxygen atoms in total. The van der Waals surface area contributed by atoms with Gasteiger partial charge in [-0.1, -0.05) is 25.5 Å². The molecular formula is C11H26B3N. The van der Waals surface area contributed by atoms with Crippen molar-refractivity contribution < 1.29 is 0 Å². The largest absolute Gasteiger partial charge is 0.304 e. The Bertz CT molecular complexity index is 220. The van der Waals surface area contributed by atoms with E-state index in [4.69, 9.17) is 0 Å². The van der Waals surface area contributed by atoms with Gasteiger partial charge >= 0.3 is 0 Å². The third-order valence-electron chi connectivity index (χ3n) is 4.84. The first-order chi connectivity index (χ1) is 6.87. The lowest BCUT2D eigenvalue weighted by atomic mass is 9.46. The summed E-state index contributed by atoms with van der Waals surface area (Å²) in [5.74, 6) is 0.731. The van der Waals surface area contributed by atoms with Crippen LogP contribution in [0.3, 0.4) is 0 Å². The summed E-state index contributed by atoms with van der Waals surface area (Å²) in [4.78, 5) is 2.76. The molecule has 1 rings (SSSR count). The van der Waals surface area contributed by atoms with Crippen molar-refractivity contribution in [3.8, 4) is 0 Å². The molecule has 0 aromatic heterocycles. The minimum Gasteiger partial charge on any atom is -0.304 e. The summed E-state index contributed by atoms with van der Waals surface area (Å²) in [6.45, 7) is 8.39. The highest BCUT2D eigenvalue weighted by Crippen LogP contribution is 2.41. The van der Waals surface area contributed by atoms with Gasteiger partial charge in [0.2, 0.25) is 0 Å². The molecule has 1 fully saturated rings. The van der Waals surface area contributed by atoms with Crippen LogP contribution in [0.25, 0.3) is 0 Å². The Morgan fingerprint density at radius 2 is 2.00 bits per heavy atom. The van der Waals surface area contributed by atoms with Gasteiger partial charge in [-0.15, -0.1) is 0 Å². The maximum Gasteiger partial charge on any atom is 0.122 e. The average Bonchev–Trinajstić information content (AvgIpc) is 2.43. The zero-order valence-corrected chi connectivity index (χ0v) is 11.6. The van der Waals surface area contributed by atoms with Gasteiger partial charge in [0.1, 0.15) is 23.5 Å². The van der Waals surface area contributed by atoms with Crippen LogP contribution in [0.1, 0.15) is 46.5 Å². The smallest absolute Gasteiger partial charge is 0.122 e. The molecule has 0 amide bonds. The molecule has 0 aliphatic carbocycles. The minimum absolute atomic E-state index is 0.432. The molecule has 2 unspecified atom stereocenters. The van der Waals surface area contributed by atoms with Gasteiger partial charge < -0.3 is 4.90 Å². The van der Waals surface area contributed by atoms with E-state index >= 15 is 0 Å². The number of hydrogen-bond acceptors (Lipinski definition) is 1. The fraction of sp³-hybridized carbons (Fsp3) is 1.00. The Kier molecular flexibility index (Phi) is 4.03. The predicted molar refractivity (Wildman–Crippen MR) is 77.0 cm³/mol. The van der Waals surface area contributed by atoms with Gasteiger partial charge in [0, 0.05) is 5.54 Å². The fourth-order valence-electron chi connectivity index (χ4n) is 3.03. The van der Waals surface area contributed by atoms with Gasteiger partial charge in [-0.25, -0.2) is 0 Å². The summed E-state index contributed by atoms with van der Waals surface area (Å²) in [5, 5.41) is 0.504. The SMILES string of the molecule is BC1N(C(C)(CC)CCC)CCC1(B)B. The summed E-state index contributed by atoms with van der Waals surface area (Å²) in [5.41, 5.74) is 0.432. The molecule has 0 saturated carbocycles. The quantitative estimate of drug-likeness (QED) is 0.583. The fourth-order valence-corrected chi connectivity index (χ4v) is 3.03. The first kappa shape index (κ1) is 13.2. The number of hydrogen-bond donors (Lipinski definition) is 0. The van der Waals surface area contributed by atoms with Gasteiger partial charge in [-0.3, -0.25) is 0 Å². The molecule has 0 N–H and O–H groups in total. The molecule has 84 valence electrons. The van der Waals surface area contributed by atoms with Crippen molar-refractivity contribution in [1.29, 1.82) is 0 Å². The van der Waals surface area contributed by atoms with E-state index in [1.165, 1.54) is 32.2 Å². The summed E-state index contributed by atoms with van der Waals surface area (Å²) in [7, 11) is 7.25. The van der Waals surface area contributed by atoms with Crippen LogP contribution in [0.15, 0.2) is 0 Å². The molecular weight excluding hydrogens is 179 g/mol. The second kappa shape index (κ2) is 4.57. The lowest BCUT2D eigenvalue weighted by Crippen LogP contribution is -2.51.